The van der Waals surface area contributed by atoms with Gasteiger partial charge in [-0.1, -0.05) is 12.1 Å². The van der Waals surface area contributed by atoms with E-state index in [4.69, 9.17) is 5.11 Å². The molecule has 4 N–H and O–H groups in total. The van der Waals surface area contributed by atoms with Gasteiger partial charge in [0.15, 0.2) is 0 Å². The molecule has 0 unspecified atom stereocenters. The second-order valence-electron chi connectivity index (χ2n) is 7.45. The Morgan fingerprint density at radius 1 is 1.16 bits per heavy atom. The second kappa shape index (κ2) is 9.90. The number of benzene rings is 1. The van der Waals surface area contributed by atoms with Crippen molar-refractivity contribution < 1.29 is 18.3 Å². The molecule has 1 amide bonds. The number of aromatic nitrogens is 2. The predicted octanol–water partition coefficient (Wildman–Crippen LogP) is 2.16. The molecule has 0 saturated heterocycles. The highest BCUT2D eigenvalue weighted by Gasteiger charge is 2.12. The molecule has 10 heteroatoms. The van der Waals surface area contributed by atoms with Crippen LogP contribution in [-0.4, -0.2) is 48.0 Å². The summed E-state index contributed by atoms with van der Waals surface area (Å²) < 4.78 is 31.1. The third-order valence-electron chi connectivity index (χ3n) is 4.42. The lowest BCUT2D eigenvalue weighted by Gasteiger charge is -2.10. The number of nitrogens with one attached hydrogen (secondary N) is 3. The first-order valence-electron chi connectivity index (χ1n) is 10.1. The maximum Gasteiger partial charge on any atom is 0.299 e. The first-order valence-corrected chi connectivity index (χ1v) is 11.5. The first-order chi connectivity index (χ1) is 14.8. The molecule has 2 aromatic heterocycles. The summed E-state index contributed by atoms with van der Waals surface area (Å²) in [4.78, 5) is 16.8. The van der Waals surface area contributed by atoms with Crippen LogP contribution < -0.4 is 14.8 Å². The van der Waals surface area contributed by atoms with E-state index in [1.807, 2.05) is 19.9 Å². The summed E-state index contributed by atoms with van der Waals surface area (Å²) in [5.41, 5.74) is 2.99. The zero-order chi connectivity index (χ0) is 22.4. The SMILES string of the molecule is CC(C)NC(=O)c1ccc2nc(-c3cccc(NS(=O)(=O)NCCCCO)c3)cn2c1. The summed E-state index contributed by atoms with van der Waals surface area (Å²) in [6.45, 7) is 4.07. The standard InChI is InChI=1S/C21H27N5O4S/c1-15(2)23-21(28)17-8-9-20-24-19(14-26(20)13-17)16-6-5-7-18(12-16)25-31(29,30)22-10-3-4-11-27/h5-9,12-15,22,25,27H,3-4,10-11H2,1-2H3,(H,23,28). The third-order valence-corrected chi connectivity index (χ3v) is 5.51. The van der Waals surface area contributed by atoms with Gasteiger partial charge in [-0.05, 0) is 51.0 Å². The fraction of sp³-hybridized carbons (Fsp3) is 0.333. The molecule has 0 aliphatic rings. The van der Waals surface area contributed by atoms with Gasteiger partial charge in [0.05, 0.1) is 16.9 Å². The van der Waals surface area contributed by atoms with Gasteiger partial charge in [0.2, 0.25) is 0 Å². The summed E-state index contributed by atoms with van der Waals surface area (Å²) in [6.07, 6.45) is 4.59. The van der Waals surface area contributed by atoms with Gasteiger partial charge < -0.3 is 14.8 Å². The number of aliphatic hydroxyl groups is 1. The topological polar surface area (TPSA) is 125 Å². The molecule has 3 rings (SSSR count). The Morgan fingerprint density at radius 2 is 1.97 bits per heavy atom. The first kappa shape index (κ1) is 22.7. The molecule has 0 fully saturated rings. The summed E-state index contributed by atoms with van der Waals surface area (Å²) in [5.74, 6) is -0.157. The number of carbonyl (C=O) groups is 1. The van der Waals surface area contributed by atoms with Crippen LogP contribution in [0.25, 0.3) is 16.9 Å². The lowest BCUT2D eigenvalue weighted by atomic mass is 10.1. The Morgan fingerprint density at radius 3 is 2.71 bits per heavy atom. The van der Waals surface area contributed by atoms with Crippen LogP contribution in [0.3, 0.4) is 0 Å². The van der Waals surface area contributed by atoms with Crippen LogP contribution in [0.2, 0.25) is 0 Å². The molecule has 3 aromatic rings. The number of nitrogens with zero attached hydrogens (tertiary/aromatic N) is 2. The average Bonchev–Trinajstić information content (AvgIpc) is 3.14. The molecule has 0 aliphatic heterocycles. The number of imidazole rings is 1. The van der Waals surface area contributed by atoms with E-state index in [0.29, 0.717) is 35.4 Å². The van der Waals surface area contributed by atoms with E-state index < -0.39 is 10.2 Å². The summed E-state index contributed by atoms with van der Waals surface area (Å²) in [6, 6.07) is 10.4. The Kier molecular flexibility index (Phi) is 7.26. The van der Waals surface area contributed by atoms with Crippen molar-refractivity contribution in [1.82, 2.24) is 19.4 Å². The number of rotatable bonds is 10. The van der Waals surface area contributed by atoms with Crippen LogP contribution in [0, 0.1) is 0 Å². The Labute approximate surface area is 181 Å². The van der Waals surface area contributed by atoms with E-state index in [9.17, 15) is 13.2 Å². The van der Waals surface area contributed by atoms with Gasteiger partial charge in [0.25, 0.3) is 16.1 Å². The van der Waals surface area contributed by atoms with Crippen molar-refractivity contribution in [1.29, 1.82) is 0 Å². The molecule has 1 aromatic carbocycles. The second-order valence-corrected chi connectivity index (χ2v) is 8.95. The van der Waals surface area contributed by atoms with E-state index in [1.165, 1.54) is 0 Å². The zero-order valence-electron chi connectivity index (χ0n) is 17.5. The number of hydrogen-bond acceptors (Lipinski definition) is 5. The van der Waals surface area contributed by atoms with Crippen molar-refractivity contribution in [2.24, 2.45) is 0 Å². The highest BCUT2D eigenvalue weighted by atomic mass is 32.2. The molecule has 2 heterocycles. The van der Waals surface area contributed by atoms with Gasteiger partial charge in [-0.15, -0.1) is 0 Å². The number of aliphatic hydroxyl groups excluding tert-OH is 1. The third kappa shape index (κ3) is 6.27. The van der Waals surface area contributed by atoms with Gasteiger partial charge in [0.1, 0.15) is 5.65 Å². The number of carbonyl (C=O) groups excluding carboxylic acids is 1. The quantitative estimate of drug-likeness (QED) is 0.356. The van der Waals surface area contributed by atoms with Crippen molar-refractivity contribution in [2.75, 3.05) is 17.9 Å². The van der Waals surface area contributed by atoms with Crippen LogP contribution >= 0.6 is 0 Å². The molecule has 0 bridgehead atoms. The summed E-state index contributed by atoms with van der Waals surface area (Å²) in [7, 11) is -3.72. The fourth-order valence-corrected chi connectivity index (χ4v) is 3.91. The number of hydrogen-bond donors (Lipinski definition) is 4. The highest BCUT2D eigenvalue weighted by molar-refractivity contribution is 7.90. The van der Waals surface area contributed by atoms with Crippen LogP contribution in [-0.2, 0) is 10.2 Å². The molecule has 0 saturated carbocycles. The van der Waals surface area contributed by atoms with Crippen molar-refractivity contribution >= 4 is 27.5 Å². The molecule has 0 aliphatic carbocycles. The van der Waals surface area contributed by atoms with Gasteiger partial charge >= 0.3 is 0 Å². The minimum Gasteiger partial charge on any atom is -0.396 e. The molecule has 9 nitrogen and oxygen atoms in total. The van der Waals surface area contributed by atoms with E-state index in [-0.39, 0.29) is 25.1 Å². The maximum absolute atomic E-state index is 12.2. The van der Waals surface area contributed by atoms with Crippen LogP contribution in [0.4, 0.5) is 5.69 Å². The molecule has 166 valence electrons. The predicted molar refractivity (Wildman–Crippen MR) is 120 cm³/mol. The van der Waals surface area contributed by atoms with Crippen molar-refractivity contribution in [3.05, 3.63) is 54.4 Å². The van der Waals surface area contributed by atoms with Gasteiger partial charge in [-0.25, -0.2) is 4.98 Å². The van der Waals surface area contributed by atoms with Gasteiger partial charge in [-0.2, -0.15) is 13.1 Å². The number of anilines is 1. The molecular formula is C21H27N5O4S. The van der Waals surface area contributed by atoms with E-state index in [2.05, 4.69) is 19.7 Å². The molecule has 0 spiro atoms. The lowest BCUT2D eigenvalue weighted by Crippen LogP contribution is -2.31. The van der Waals surface area contributed by atoms with Crippen LogP contribution in [0.15, 0.2) is 48.8 Å². The summed E-state index contributed by atoms with van der Waals surface area (Å²) >= 11 is 0. The minimum absolute atomic E-state index is 0.0279. The fourth-order valence-electron chi connectivity index (χ4n) is 2.99. The van der Waals surface area contributed by atoms with Crippen molar-refractivity contribution in [3.63, 3.8) is 0 Å². The highest BCUT2D eigenvalue weighted by Crippen LogP contribution is 2.23. The Hall–Kier alpha value is -2.95. The van der Waals surface area contributed by atoms with Gasteiger partial charge in [0, 0.05) is 37.2 Å². The monoisotopic (exact) mass is 445 g/mol. The minimum atomic E-state index is -3.72. The van der Waals surface area contributed by atoms with E-state index in [1.54, 1.807) is 47.1 Å². The number of amides is 1. The normalized spacial score (nSPS) is 11.7. The maximum atomic E-state index is 12.2. The van der Waals surface area contributed by atoms with E-state index in [0.717, 1.165) is 5.56 Å². The Balaban J connectivity index is 1.78. The molecule has 31 heavy (non-hydrogen) atoms. The van der Waals surface area contributed by atoms with Crippen LogP contribution in [0.5, 0.6) is 0 Å². The number of fused-ring (bicyclic) bond motifs is 1. The Bertz CT molecular complexity index is 1160. The molecular weight excluding hydrogens is 418 g/mol. The number of pyridine rings is 1. The van der Waals surface area contributed by atoms with Crippen molar-refractivity contribution in [2.45, 2.75) is 32.7 Å². The van der Waals surface area contributed by atoms with Gasteiger partial charge in [-0.3, -0.25) is 9.52 Å². The molecule has 0 radical (unpaired) electrons. The number of unbranched alkanes of at least 4 members (excludes halogenated alkanes) is 1. The molecule has 0 atom stereocenters. The zero-order valence-corrected chi connectivity index (χ0v) is 18.3. The lowest BCUT2D eigenvalue weighted by molar-refractivity contribution is 0.0942. The van der Waals surface area contributed by atoms with Crippen LogP contribution in [0.1, 0.15) is 37.0 Å². The largest absolute Gasteiger partial charge is 0.396 e. The smallest absolute Gasteiger partial charge is 0.299 e. The van der Waals surface area contributed by atoms with E-state index >= 15 is 0 Å². The van der Waals surface area contributed by atoms with Crippen molar-refractivity contribution in [3.8, 4) is 11.3 Å². The average molecular weight is 446 g/mol. The summed E-state index contributed by atoms with van der Waals surface area (Å²) in [5, 5.41) is 11.6.